The largest absolute Gasteiger partial charge is 0.308 e. The number of thiazole rings is 1. The number of amides is 1. The Morgan fingerprint density at radius 2 is 1.86 bits per heavy atom. The summed E-state index contributed by atoms with van der Waals surface area (Å²) >= 11 is 1.44. The van der Waals surface area contributed by atoms with Crippen molar-refractivity contribution < 1.29 is 9.72 Å². The minimum Gasteiger partial charge on any atom is -0.308 e. The molecule has 1 heterocycles. The molecule has 0 aliphatic heterocycles. The zero-order valence-electron chi connectivity index (χ0n) is 16.7. The number of hydrogen-bond donors (Lipinski definition) is 0. The number of rotatable bonds is 6. The number of anilines is 1. The van der Waals surface area contributed by atoms with E-state index in [1.54, 1.807) is 17.0 Å². The Labute approximate surface area is 179 Å². The molecule has 29 heavy (non-hydrogen) atoms. The SMILES string of the molecule is Cc1cc(C)c2sc(N(CCN(C)C)C(=O)c3ccccc3[N+](=O)[O-])nc2c1.Cl. The van der Waals surface area contributed by atoms with E-state index in [1.807, 2.05) is 38.9 Å². The number of fused-ring (bicyclic) bond motifs is 1. The first-order chi connectivity index (χ1) is 13.3. The van der Waals surface area contributed by atoms with Gasteiger partial charge in [0.2, 0.25) is 0 Å². The van der Waals surface area contributed by atoms with Crippen LogP contribution in [-0.4, -0.2) is 47.9 Å². The highest BCUT2D eigenvalue weighted by Crippen LogP contribution is 2.33. The van der Waals surface area contributed by atoms with E-state index in [9.17, 15) is 14.9 Å². The molecule has 0 fully saturated rings. The van der Waals surface area contributed by atoms with Crippen LogP contribution in [0.4, 0.5) is 10.8 Å². The molecule has 0 atom stereocenters. The second-order valence-electron chi connectivity index (χ2n) is 6.96. The molecular formula is C20H23ClN4O3S. The van der Waals surface area contributed by atoms with E-state index < -0.39 is 10.8 Å². The highest BCUT2D eigenvalue weighted by Gasteiger charge is 2.27. The van der Waals surface area contributed by atoms with Gasteiger partial charge >= 0.3 is 0 Å². The highest BCUT2D eigenvalue weighted by molar-refractivity contribution is 7.22. The lowest BCUT2D eigenvalue weighted by atomic mass is 10.1. The summed E-state index contributed by atoms with van der Waals surface area (Å²) in [5.41, 5.74) is 2.91. The van der Waals surface area contributed by atoms with Crippen LogP contribution < -0.4 is 4.90 Å². The Hall–Kier alpha value is -2.55. The van der Waals surface area contributed by atoms with E-state index in [1.165, 1.54) is 23.5 Å². The summed E-state index contributed by atoms with van der Waals surface area (Å²) in [5.74, 6) is -0.414. The van der Waals surface area contributed by atoms with Gasteiger partial charge in [0.1, 0.15) is 5.56 Å². The minimum absolute atomic E-state index is 0. The average Bonchev–Trinajstić information content (AvgIpc) is 3.05. The molecule has 0 radical (unpaired) electrons. The third kappa shape index (κ3) is 4.90. The molecule has 9 heteroatoms. The van der Waals surface area contributed by atoms with Crippen molar-refractivity contribution in [3.05, 3.63) is 63.2 Å². The lowest BCUT2D eigenvalue weighted by molar-refractivity contribution is -0.385. The molecule has 0 saturated heterocycles. The molecule has 3 rings (SSSR count). The second-order valence-corrected chi connectivity index (χ2v) is 7.94. The third-order valence-electron chi connectivity index (χ3n) is 4.39. The van der Waals surface area contributed by atoms with E-state index in [0.29, 0.717) is 18.2 Å². The van der Waals surface area contributed by atoms with Crippen molar-refractivity contribution in [3.8, 4) is 0 Å². The number of carbonyl (C=O) groups is 1. The van der Waals surface area contributed by atoms with E-state index in [0.717, 1.165) is 21.3 Å². The molecule has 1 aromatic heterocycles. The summed E-state index contributed by atoms with van der Waals surface area (Å²) in [6.45, 7) is 5.02. The summed E-state index contributed by atoms with van der Waals surface area (Å²) in [7, 11) is 3.83. The van der Waals surface area contributed by atoms with Gasteiger partial charge in [-0.15, -0.1) is 12.4 Å². The van der Waals surface area contributed by atoms with Gasteiger partial charge < -0.3 is 4.90 Å². The number of nitro groups is 1. The number of likely N-dealkylation sites (N-methyl/N-ethyl adjacent to an activating group) is 1. The van der Waals surface area contributed by atoms with Gasteiger partial charge in [0.25, 0.3) is 11.6 Å². The van der Waals surface area contributed by atoms with Gasteiger partial charge in [-0.25, -0.2) is 4.98 Å². The summed E-state index contributed by atoms with van der Waals surface area (Å²) in [6, 6.07) is 10.1. The van der Waals surface area contributed by atoms with Crippen molar-refractivity contribution in [1.29, 1.82) is 0 Å². The summed E-state index contributed by atoms with van der Waals surface area (Å²) in [6.07, 6.45) is 0. The summed E-state index contributed by atoms with van der Waals surface area (Å²) in [4.78, 5) is 32.3. The fourth-order valence-corrected chi connectivity index (χ4v) is 4.06. The standard InChI is InChI=1S/C20H22N4O3S.ClH/c1-13-11-14(2)18-16(12-13)21-20(28-18)23(10-9-22(3)4)19(25)15-7-5-6-8-17(15)24(26)27;/h5-8,11-12H,9-10H2,1-4H3;1H. The number of carbonyl (C=O) groups excluding carboxylic acids is 1. The maximum atomic E-state index is 13.3. The van der Waals surface area contributed by atoms with Gasteiger partial charge in [-0.05, 0) is 51.2 Å². The Bertz CT molecular complexity index is 1050. The monoisotopic (exact) mass is 434 g/mol. The second kappa shape index (κ2) is 9.30. The number of halogens is 1. The van der Waals surface area contributed by atoms with Gasteiger partial charge in [-0.3, -0.25) is 19.8 Å². The van der Waals surface area contributed by atoms with Gasteiger partial charge in [0, 0.05) is 19.2 Å². The lowest BCUT2D eigenvalue weighted by Gasteiger charge is -2.21. The van der Waals surface area contributed by atoms with Crippen LogP contribution >= 0.6 is 23.7 Å². The molecule has 0 N–H and O–H groups in total. The van der Waals surface area contributed by atoms with E-state index in [2.05, 4.69) is 11.1 Å². The van der Waals surface area contributed by atoms with E-state index in [-0.39, 0.29) is 23.7 Å². The molecule has 0 spiro atoms. The number of nitrogens with zero attached hydrogens (tertiary/aromatic N) is 4. The normalized spacial score (nSPS) is 10.8. The average molecular weight is 435 g/mol. The predicted molar refractivity (Wildman–Crippen MR) is 120 cm³/mol. The fraction of sp³-hybridized carbons (Fsp3) is 0.300. The summed E-state index contributed by atoms with van der Waals surface area (Å²) < 4.78 is 1.02. The van der Waals surface area contributed by atoms with Crippen LogP contribution in [0.2, 0.25) is 0 Å². The molecule has 0 aliphatic rings. The number of para-hydroxylation sites is 1. The third-order valence-corrected chi connectivity index (χ3v) is 5.62. The topological polar surface area (TPSA) is 79.6 Å². The van der Waals surface area contributed by atoms with Crippen LogP contribution in [0.3, 0.4) is 0 Å². The maximum absolute atomic E-state index is 13.3. The first-order valence-electron chi connectivity index (χ1n) is 8.85. The molecule has 0 unspecified atom stereocenters. The molecule has 0 aliphatic carbocycles. The van der Waals surface area contributed by atoms with E-state index >= 15 is 0 Å². The zero-order chi connectivity index (χ0) is 20.4. The quantitative estimate of drug-likeness (QED) is 0.423. The molecule has 0 saturated carbocycles. The number of aromatic nitrogens is 1. The van der Waals surface area contributed by atoms with Crippen molar-refractivity contribution >= 4 is 50.7 Å². The van der Waals surface area contributed by atoms with Crippen molar-refractivity contribution in [2.24, 2.45) is 0 Å². The smallest absolute Gasteiger partial charge is 0.282 e. The molecular weight excluding hydrogens is 412 g/mol. The number of hydrogen-bond acceptors (Lipinski definition) is 6. The Morgan fingerprint density at radius 1 is 1.17 bits per heavy atom. The first-order valence-corrected chi connectivity index (χ1v) is 9.67. The Morgan fingerprint density at radius 3 is 2.52 bits per heavy atom. The highest BCUT2D eigenvalue weighted by atomic mass is 35.5. The maximum Gasteiger partial charge on any atom is 0.282 e. The van der Waals surface area contributed by atoms with Crippen molar-refractivity contribution in [1.82, 2.24) is 9.88 Å². The van der Waals surface area contributed by atoms with Gasteiger partial charge in [-0.1, -0.05) is 29.5 Å². The first kappa shape index (κ1) is 22.7. The summed E-state index contributed by atoms with van der Waals surface area (Å²) in [5, 5.41) is 11.9. The molecule has 1 amide bonds. The van der Waals surface area contributed by atoms with Crippen LogP contribution in [0.15, 0.2) is 36.4 Å². The number of benzene rings is 2. The lowest BCUT2D eigenvalue weighted by Crippen LogP contribution is -2.37. The molecule has 154 valence electrons. The van der Waals surface area contributed by atoms with Crippen LogP contribution in [0.1, 0.15) is 21.5 Å². The van der Waals surface area contributed by atoms with Crippen LogP contribution in [0.5, 0.6) is 0 Å². The van der Waals surface area contributed by atoms with Crippen molar-refractivity contribution in [3.63, 3.8) is 0 Å². The molecule has 3 aromatic rings. The number of aryl methyl sites for hydroxylation is 2. The van der Waals surface area contributed by atoms with E-state index in [4.69, 9.17) is 0 Å². The van der Waals surface area contributed by atoms with Crippen molar-refractivity contribution in [2.75, 3.05) is 32.1 Å². The Kier molecular flexibility index (Phi) is 7.29. The molecule has 2 aromatic carbocycles. The van der Waals surface area contributed by atoms with Gasteiger partial charge in [-0.2, -0.15) is 0 Å². The van der Waals surface area contributed by atoms with Crippen LogP contribution in [0.25, 0.3) is 10.2 Å². The molecule has 0 bridgehead atoms. The van der Waals surface area contributed by atoms with Gasteiger partial charge in [0.05, 0.1) is 15.1 Å². The number of nitro benzene ring substituents is 1. The predicted octanol–water partition coefficient (Wildman–Crippen LogP) is 4.45. The Balaban J connectivity index is 0.00000300. The van der Waals surface area contributed by atoms with Crippen molar-refractivity contribution in [2.45, 2.75) is 13.8 Å². The van der Waals surface area contributed by atoms with Crippen LogP contribution in [0, 0.1) is 24.0 Å². The van der Waals surface area contributed by atoms with Crippen LogP contribution in [-0.2, 0) is 0 Å². The van der Waals surface area contributed by atoms with Gasteiger partial charge in [0.15, 0.2) is 5.13 Å². The fourth-order valence-electron chi connectivity index (χ4n) is 3.02. The molecule has 7 nitrogen and oxygen atoms in total. The minimum atomic E-state index is -0.525. The zero-order valence-corrected chi connectivity index (χ0v) is 18.3.